The van der Waals surface area contributed by atoms with Crippen molar-refractivity contribution in [1.82, 2.24) is 9.13 Å². The highest BCUT2D eigenvalue weighted by Gasteiger charge is 2.38. The molecule has 9 aromatic carbocycles. The first-order valence-electron chi connectivity index (χ1n) is 19.9. The molecule has 3 nitrogen and oxygen atoms in total. The van der Waals surface area contributed by atoms with Gasteiger partial charge < -0.3 is 13.6 Å². The molecule has 0 unspecified atom stereocenters. The van der Waals surface area contributed by atoms with Crippen LogP contribution in [0.5, 0.6) is 0 Å². The van der Waals surface area contributed by atoms with Crippen molar-refractivity contribution in [2.75, 3.05) is 0 Å². The fourth-order valence-corrected chi connectivity index (χ4v) is 9.78. The molecule has 0 aliphatic rings. The quantitative estimate of drug-likeness (QED) is 0.156. The average Bonchev–Trinajstić information content (AvgIpc) is 3.95. The van der Waals surface area contributed by atoms with E-state index in [2.05, 4.69) is 215 Å². The van der Waals surface area contributed by atoms with E-state index in [1.165, 1.54) is 60.3 Å². The highest BCUT2D eigenvalue weighted by Crippen LogP contribution is 2.47. The molecule has 0 spiro atoms. The highest BCUT2D eigenvalue weighted by atomic mass is 16.3. The van der Waals surface area contributed by atoms with Crippen molar-refractivity contribution in [1.29, 1.82) is 0 Å². The van der Waals surface area contributed by atoms with Gasteiger partial charge in [-0.3, -0.25) is 0 Å². The van der Waals surface area contributed by atoms with Crippen LogP contribution in [0.2, 0.25) is 0 Å². The van der Waals surface area contributed by atoms with Gasteiger partial charge in [-0.25, -0.2) is 0 Å². The molecule has 12 rings (SSSR count). The van der Waals surface area contributed by atoms with Crippen LogP contribution in [0.25, 0.3) is 76.9 Å². The lowest BCUT2D eigenvalue weighted by Crippen LogP contribution is -2.31. The molecule has 0 saturated heterocycles. The van der Waals surface area contributed by atoms with Crippen molar-refractivity contribution in [3.63, 3.8) is 0 Å². The normalized spacial score (nSPS) is 12.1. The Morgan fingerprint density at radius 3 is 1.36 bits per heavy atom. The van der Waals surface area contributed by atoms with Crippen molar-refractivity contribution >= 4 is 65.6 Å². The number of hydrogen-bond acceptors (Lipinski definition) is 1. The van der Waals surface area contributed by atoms with Gasteiger partial charge in [0.1, 0.15) is 11.2 Å². The first-order chi connectivity index (χ1) is 28.8. The summed E-state index contributed by atoms with van der Waals surface area (Å²) in [6, 6.07) is 79.5. The van der Waals surface area contributed by atoms with Gasteiger partial charge in [-0.05, 0) is 82.9 Å². The van der Waals surface area contributed by atoms with Crippen molar-refractivity contribution in [2.45, 2.75) is 5.41 Å². The molecule has 3 aromatic heterocycles. The van der Waals surface area contributed by atoms with Crippen LogP contribution in [-0.2, 0) is 5.41 Å². The summed E-state index contributed by atoms with van der Waals surface area (Å²) in [5.74, 6) is 0. The molecule has 0 aliphatic carbocycles. The Morgan fingerprint density at radius 2 is 0.724 bits per heavy atom. The van der Waals surface area contributed by atoms with E-state index >= 15 is 0 Å². The summed E-state index contributed by atoms with van der Waals surface area (Å²) >= 11 is 0. The summed E-state index contributed by atoms with van der Waals surface area (Å²) in [6.07, 6.45) is 0. The summed E-state index contributed by atoms with van der Waals surface area (Å²) < 4.78 is 11.1. The lowest BCUT2D eigenvalue weighted by atomic mass is 9.65. The molecular weight excluding hydrogens is 705 g/mol. The van der Waals surface area contributed by atoms with Crippen molar-refractivity contribution in [3.05, 3.63) is 241 Å². The molecule has 0 bridgehead atoms. The molecule has 0 N–H and O–H groups in total. The maximum atomic E-state index is 6.22. The van der Waals surface area contributed by atoms with E-state index in [-0.39, 0.29) is 0 Å². The second-order valence-electron chi connectivity index (χ2n) is 15.3. The van der Waals surface area contributed by atoms with Crippen LogP contribution in [0, 0.1) is 0 Å². The number of para-hydroxylation sites is 3. The molecule has 0 fully saturated rings. The fraction of sp³-hybridized carbons (Fsp3) is 0.0182. The summed E-state index contributed by atoms with van der Waals surface area (Å²) in [4.78, 5) is 0. The van der Waals surface area contributed by atoms with Crippen molar-refractivity contribution in [2.24, 2.45) is 0 Å². The Morgan fingerprint density at radius 1 is 0.276 bits per heavy atom. The molecule has 0 aliphatic heterocycles. The van der Waals surface area contributed by atoms with Gasteiger partial charge in [0.25, 0.3) is 0 Å². The zero-order valence-corrected chi connectivity index (χ0v) is 31.6. The highest BCUT2D eigenvalue weighted by molar-refractivity contribution is 6.13. The van der Waals surface area contributed by atoms with Gasteiger partial charge in [-0.2, -0.15) is 0 Å². The standard InChI is InChI=1S/C55H36N2O/c1-4-16-37(17-5-1)55(38-18-6-2-7-19-38,39-20-8-3-9-21-39)40-28-31-45-43-22-10-13-25-49(43)57(52(45)34-40)41-29-32-51-47(35-41)44-23-11-14-26-50(44)56(51)42-30-33-54-48(36-42)46-24-12-15-27-53(46)58-54/h1-36H. The lowest BCUT2D eigenvalue weighted by molar-refractivity contribution is 0.669. The summed E-state index contributed by atoms with van der Waals surface area (Å²) in [5, 5.41) is 7.13. The molecule has 0 saturated carbocycles. The number of aromatic nitrogens is 2. The van der Waals surface area contributed by atoms with Crippen LogP contribution in [-0.4, -0.2) is 9.13 Å². The van der Waals surface area contributed by atoms with Gasteiger partial charge >= 0.3 is 0 Å². The van der Waals surface area contributed by atoms with Gasteiger partial charge in [-0.1, -0.05) is 158 Å². The van der Waals surface area contributed by atoms with Gasteiger partial charge in [-0.15, -0.1) is 0 Å². The van der Waals surface area contributed by atoms with Gasteiger partial charge in [0.05, 0.1) is 27.5 Å². The topological polar surface area (TPSA) is 23.0 Å². The summed E-state index contributed by atoms with van der Waals surface area (Å²) in [7, 11) is 0. The van der Waals surface area contributed by atoms with Crippen LogP contribution >= 0.6 is 0 Å². The Bertz CT molecular complexity index is 3400. The molecule has 0 amide bonds. The number of benzene rings is 9. The minimum absolute atomic E-state index is 0.557. The molecule has 12 aromatic rings. The van der Waals surface area contributed by atoms with Crippen LogP contribution in [0.3, 0.4) is 0 Å². The van der Waals surface area contributed by atoms with E-state index in [4.69, 9.17) is 4.42 Å². The number of hydrogen-bond donors (Lipinski definition) is 0. The zero-order valence-electron chi connectivity index (χ0n) is 31.6. The van der Waals surface area contributed by atoms with Gasteiger partial charge in [0.15, 0.2) is 0 Å². The van der Waals surface area contributed by atoms with Crippen LogP contribution in [0.1, 0.15) is 22.3 Å². The average molecular weight is 741 g/mol. The van der Waals surface area contributed by atoms with E-state index in [0.29, 0.717) is 0 Å². The van der Waals surface area contributed by atoms with E-state index < -0.39 is 5.41 Å². The van der Waals surface area contributed by atoms with Crippen molar-refractivity contribution < 1.29 is 4.42 Å². The Balaban J connectivity index is 1.12. The van der Waals surface area contributed by atoms with Crippen LogP contribution in [0.4, 0.5) is 0 Å². The number of furan rings is 1. The minimum Gasteiger partial charge on any atom is -0.456 e. The van der Waals surface area contributed by atoms with E-state index in [9.17, 15) is 0 Å². The molecule has 0 atom stereocenters. The third kappa shape index (κ3) is 4.68. The Kier molecular flexibility index (Phi) is 7.14. The van der Waals surface area contributed by atoms with Crippen molar-refractivity contribution in [3.8, 4) is 11.4 Å². The number of nitrogens with zero attached hydrogens (tertiary/aromatic N) is 2. The molecular formula is C55H36N2O. The fourth-order valence-electron chi connectivity index (χ4n) is 9.78. The lowest BCUT2D eigenvalue weighted by Gasteiger charge is -2.37. The summed E-state index contributed by atoms with van der Waals surface area (Å²) in [5.41, 5.74) is 13.1. The molecule has 272 valence electrons. The van der Waals surface area contributed by atoms with Gasteiger partial charge in [0, 0.05) is 43.7 Å². The zero-order chi connectivity index (χ0) is 38.2. The first kappa shape index (κ1) is 32.6. The third-order valence-electron chi connectivity index (χ3n) is 12.3. The Hall–Kier alpha value is -7.62. The maximum Gasteiger partial charge on any atom is 0.135 e. The van der Waals surface area contributed by atoms with E-state index in [1.54, 1.807) is 0 Å². The SMILES string of the molecule is c1ccc(C(c2ccccc2)(c2ccccc2)c2ccc3c4ccccc4n(-c4ccc5c(c4)c4ccccc4n5-c4ccc5oc6ccccc6c5c4)c3c2)cc1. The second kappa shape index (κ2) is 12.7. The van der Waals surface area contributed by atoms with Crippen LogP contribution in [0.15, 0.2) is 223 Å². The number of rotatable bonds is 6. The van der Waals surface area contributed by atoms with E-state index in [0.717, 1.165) is 38.8 Å². The smallest absolute Gasteiger partial charge is 0.135 e. The first-order valence-corrected chi connectivity index (χ1v) is 19.9. The number of fused-ring (bicyclic) bond motifs is 9. The van der Waals surface area contributed by atoms with E-state index in [1.807, 2.05) is 12.1 Å². The van der Waals surface area contributed by atoms with Crippen LogP contribution < -0.4 is 0 Å². The molecule has 0 radical (unpaired) electrons. The van der Waals surface area contributed by atoms with Gasteiger partial charge in [0.2, 0.25) is 0 Å². The monoisotopic (exact) mass is 740 g/mol. The minimum atomic E-state index is -0.557. The molecule has 58 heavy (non-hydrogen) atoms. The maximum absolute atomic E-state index is 6.22. The largest absolute Gasteiger partial charge is 0.456 e. The molecule has 3 heteroatoms. The Labute approximate surface area is 335 Å². The predicted molar refractivity (Wildman–Crippen MR) is 241 cm³/mol. The molecule has 3 heterocycles. The predicted octanol–water partition coefficient (Wildman–Crippen LogP) is 14.2. The second-order valence-corrected chi connectivity index (χ2v) is 15.3. The third-order valence-corrected chi connectivity index (χ3v) is 12.3. The summed E-state index contributed by atoms with van der Waals surface area (Å²) in [6.45, 7) is 0.